The van der Waals surface area contributed by atoms with E-state index in [0.717, 1.165) is 24.8 Å². The predicted molar refractivity (Wildman–Crippen MR) is 77.2 cm³/mol. The van der Waals surface area contributed by atoms with Crippen molar-refractivity contribution in [3.05, 3.63) is 53.9 Å². The van der Waals surface area contributed by atoms with Crippen LogP contribution in [0.1, 0.15) is 41.4 Å². The van der Waals surface area contributed by atoms with E-state index in [9.17, 15) is 9.18 Å². The fourth-order valence-electron chi connectivity index (χ4n) is 2.95. The number of rotatable bonds is 2. The Kier molecular flexibility index (Phi) is 3.73. The maximum atomic E-state index is 13.5. The van der Waals surface area contributed by atoms with Gasteiger partial charge in [-0.2, -0.15) is 0 Å². The van der Waals surface area contributed by atoms with E-state index in [1.807, 2.05) is 11.0 Å². The van der Waals surface area contributed by atoms with Gasteiger partial charge in [-0.15, -0.1) is 0 Å². The van der Waals surface area contributed by atoms with E-state index in [2.05, 4.69) is 4.98 Å². The molecule has 0 aliphatic carbocycles. The molecule has 1 aromatic carbocycles. The van der Waals surface area contributed by atoms with Crippen LogP contribution in [-0.2, 0) is 7.05 Å². The number of aryl methyl sites for hydroxylation is 1. The minimum absolute atomic E-state index is 0.0380. The Labute approximate surface area is 123 Å². The number of halogens is 1. The molecule has 110 valence electrons. The molecule has 0 radical (unpaired) electrons. The molecule has 1 atom stereocenters. The smallest absolute Gasteiger partial charge is 0.272 e. The highest BCUT2D eigenvalue weighted by Crippen LogP contribution is 2.32. The monoisotopic (exact) mass is 287 g/mol. The van der Waals surface area contributed by atoms with Gasteiger partial charge >= 0.3 is 0 Å². The first-order valence-corrected chi connectivity index (χ1v) is 7.19. The van der Waals surface area contributed by atoms with E-state index in [0.29, 0.717) is 12.2 Å². The quantitative estimate of drug-likeness (QED) is 0.851. The summed E-state index contributed by atoms with van der Waals surface area (Å²) < 4.78 is 15.2. The van der Waals surface area contributed by atoms with Crippen molar-refractivity contribution in [2.75, 3.05) is 6.54 Å². The number of aromatic nitrogens is 2. The number of carbonyl (C=O) groups excluding carboxylic acids is 1. The molecule has 5 heteroatoms. The fourth-order valence-corrected chi connectivity index (χ4v) is 2.95. The third-order valence-electron chi connectivity index (χ3n) is 4.03. The SMILES string of the molecule is Cn1cncc1C(=O)N1CCCCC1c1cccc(F)c1. The van der Waals surface area contributed by atoms with Crippen LogP contribution < -0.4 is 0 Å². The van der Waals surface area contributed by atoms with E-state index in [4.69, 9.17) is 0 Å². The molecule has 0 saturated carbocycles. The average molecular weight is 287 g/mol. The van der Waals surface area contributed by atoms with Crippen LogP contribution in [0.5, 0.6) is 0 Å². The van der Waals surface area contributed by atoms with E-state index in [1.165, 1.54) is 12.1 Å². The van der Waals surface area contributed by atoms with Gasteiger partial charge < -0.3 is 9.47 Å². The molecule has 2 heterocycles. The fraction of sp³-hybridized carbons (Fsp3) is 0.375. The van der Waals surface area contributed by atoms with Crippen LogP contribution in [0, 0.1) is 5.82 Å². The second-order valence-electron chi connectivity index (χ2n) is 5.45. The van der Waals surface area contributed by atoms with Gasteiger partial charge in [-0.05, 0) is 37.0 Å². The van der Waals surface area contributed by atoms with Crippen molar-refractivity contribution in [3.8, 4) is 0 Å². The van der Waals surface area contributed by atoms with Gasteiger partial charge in [0.1, 0.15) is 11.5 Å². The van der Waals surface area contributed by atoms with Crippen LogP contribution in [-0.4, -0.2) is 26.9 Å². The number of hydrogen-bond acceptors (Lipinski definition) is 2. The number of piperidine rings is 1. The first-order chi connectivity index (χ1) is 10.2. The van der Waals surface area contributed by atoms with Gasteiger partial charge in [-0.1, -0.05) is 12.1 Å². The van der Waals surface area contributed by atoms with Crippen molar-refractivity contribution in [1.82, 2.24) is 14.5 Å². The lowest BCUT2D eigenvalue weighted by Gasteiger charge is -2.36. The van der Waals surface area contributed by atoms with Gasteiger partial charge in [0.2, 0.25) is 0 Å². The molecular formula is C16H18FN3O. The lowest BCUT2D eigenvalue weighted by Crippen LogP contribution is -2.39. The van der Waals surface area contributed by atoms with Crippen LogP contribution in [0.3, 0.4) is 0 Å². The molecule has 1 aromatic heterocycles. The van der Waals surface area contributed by atoms with Crippen molar-refractivity contribution >= 4 is 5.91 Å². The van der Waals surface area contributed by atoms with Gasteiger partial charge in [-0.25, -0.2) is 9.37 Å². The highest BCUT2D eigenvalue weighted by molar-refractivity contribution is 5.92. The number of likely N-dealkylation sites (tertiary alicyclic amines) is 1. The minimum Gasteiger partial charge on any atom is -0.330 e. The first kappa shape index (κ1) is 13.8. The largest absolute Gasteiger partial charge is 0.330 e. The molecule has 1 fully saturated rings. The lowest BCUT2D eigenvalue weighted by atomic mass is 9.95. The molecule has 1 unspecified atom stereocenters. The molecule has 0 bridgehead atoms. The Balaban J connectivity index is 1.92. The van der Waals surface area contributed by atoms with Crippen molar-refractivity contribution in [2.24, 2.45) is 7.05 Å². The molecule has 1 amide bonds. The van der Waals surface area contributed by atoms with E-state index in [-0.39, 0.29) is 17.8 Å². The van der Waals surface area contributed by atoms with Gasteiger partial charge in [-0.3, -0.25) is 4.79 Å². The molecule has 3 rings (SSSR count). The lowest BCUT2D eigenvalue weighted by molar-refractivity contribution is 0.0601. The maximum absolute atomic E-state index is 13.5. The van der Waals surface area contributed by atoms with Crippen molar-refractivity contribution in [1.29, 1.82) is 0 Å². The third-order valence-corrected chi connectivity index (χ3v) is 4.03. The van der Waals surface area contributed by atoms with E-state index in [1.54, 1.807) is 30.2 Å². The third kappa shape index (κ3) is 2.68. The van der Waals surface area contributed by atoms with Crippen LogP contribution in [0.4, 0.5) is 4.39 Å². The molecule has 4 nitrogen and oxygen atoms in total. The van der Waals surface area contributed by atoms with E-state index >= 15 is 0 Å². The number of amides is 1. The average Bonchev–Trinajstić information content (AvgIpc) is 2.93. The summed E-state index contributed by atoms with van der Waals surface area (Å²) in [5, 5.41) is 0. The molecule has 0 spiro atoms. The Hall–Kier alpha value is -2.17. The van der Waals surface area contributed by atoms with E-state index < -0.39 is 0 Å². The zero-order valence-corrected chi connectivity index (χ0v) is 12.0. The van der Waals surface area contributed by atoms with Gasteiger partial charge in [0.05, 0.1) is 18.6 Å². The van der Waals surface area contributed by atoms with Crippen LogP contribution in [0.2, 0.25) is 0 Å². The number of imidazole rings is 1. The summed E-state index contributed by atoms with van der Waals surface area (Å²) in [6.07, 6.45) is 6.10. The second-order valence-corrected chi connectivity index (χ2v) is 5.45. The standard InChI is InChI=1S/C16H18FN3O/c1-19-11-18-10-15(19)16(21)20-8-3-2-7-14(20)12-5-4-6-13(17)9-12/h4-6,9-11,14H,2-3,7-8H2,1H3. The Morgan fingerprint density at radius 3 is 2.95 bits per heavy atom. The zero-order valence-electron chi connectivity index (χ0n) is 12.0. The summed E-state index contributed by atoms with van der Waals surface area (Å²) >= 11 is 0. The Bertz CT molecular complexity index is 652. The molecule has 2 aromatic rings. The van der Waals surface area contributed by atoms with Crippen LogP contribution >= 0.6 is 0 Å². The van der Waals surface area contributed by atoms with Crippen LogP contribution in [0.25, 0.3) is 0 Å². The zero-order chi connectivity index (χ0) is 14.8. The molecule has 0 N–H and O–H groups in total. The minimum atomic E-state index is -0.258. The molecule has 1 aliphatic rings. The predicted octanol–water partition coefficient (Wildman–Crippen LogP) is 2.93. The van der Waals surface area contributed by atoms with Crippen LogP contribution in [0.15, 0.2) is 36.8 Å². The highest BCUT2D eigenvalue weighted by atomic mass is 19.1. The summed E-state index contributed by atoms with van der Waals surface area (Å²) in [7, 11) is 1.81. The number of hydrogen-bond donors (Lipinski definition) is 0. The summed E-state index contributed by atoms with van der Waals surface area (Å²) in [6, 6.07) is 6.49. The first-order valence-electron chi connectivity index (χ1n) is 7.19. The summed E-state index contributed by atoms with van der Waals surface area (Å²) in [4.78, 5) is 18.6. The van der Waals surface area contributed by atoms with Gasteiger partial charge in [0.25, 0.3) is 5.91 Å². The molecule has 21 heavy (non-hydrogen) atoms. The van der Waals surface area contributed by atoms with Crippen molar-refractivity contribution in [3.63, 3.8) is 0 Å². The van der Waals surface area contributed by atoms with Crippen molar-refractivity contribution < 1.29 is 9.18 Å². The Morgan fingerprint density at radius 2 is 2.24 bits per heavy atom. The topological polar surface area (TPSA) is 38.1 Å². The second kappa shape index (κ2) is 5.68. The van der Waals surface area contributed by atoms with Gasteiger partial charge in [0.15, 0.2) is 0 Å². The summed E-state index contributed by atoms with van der Waals surface area (Å²) in [5.74, 6) is -0.296. The molecule has 1 saturated heterocycles. The van der Waals surface area contributed by atoms with Gasteiger partial charge in [0, 0.05) is 13.6 Å². The highest BCUT2D eigenvalue weighted by Gasteiger charge is 2.30. The normalized spacial score (nSPS) is 18.8. The number of nitrogens with zero attached hydrogens (tertiary/aromatic N) is 3. The van der Waals surface area contributed by atoms with Crippen molar-refractivity contribution in [2.45, 2.75) is 25.3 Å². The summed E-state index contributed by atoms with van der Waals surface area (Å²) in [6.45, 7) is 0.700. The Morgan fingerprint density at radius 1 is 1.38 bits per heavy atom. The summed E-state index contributed by atoms with van der Waals surface area (Å²) in [5.41, 5.74) is 1.43. The maximum Gasteiger partial charge on any atom is 0.272 e. The molecular weight excluding hydrogens is 269 g/mol. The number of benzene rings is 1. The number of carbonyl (C=O) groups is 1. The molecule has 1 aliphatic heterocycles.